The number of rotatable bonds is 8. The van der Waals surface area contributed by atoms with Gasteiger partial charge in [0, 0.05) is 5.56 Å². The second-order valence-corrected chi connectivity index (χ2v) is 5.82. The van der Waals surface area contributed by atoms with E-state index in [1.54, 1.807) is 14.2 Å². The van der Waals surface area contributed by atoms with Crippen LogP contribution in [0.25, 0.3) is 0 Å². The second kappa shape index (κ2) is 9.08. The number of amides is 1. The lowest BCUT2D eigenvalue weighted by Gasteiger charge is -2.18. The lowest BCUT2D eigenvalue weighted by Crippen LogP contribution is -2.28. The number of methoxy groups -OCH3 is 2. The highest BCUT2D eigenvalue weighted by Gasteiger charge is 2.16. The molecule has 0 heterocycles. The Kier molecular flexibility index (Phi) is 6.83. The zero-order chi connectivity index (χ0) is 18.2. The highest BCUT2D eigenvalue weighted by Crippen LogP contribution is 2.30. The molecule has 134 valence electrons. The van der Waals surface area contributed by atoms with Crippen LogP contribution in [0.3, 0.4) is 0 Å². The highest BCUT2D eigenvalue weighted by molar-refractivity contribution is 5.95. The number of benzene rings is 2. The monoisotopic (exact) mass is 342 g/mol. The predicted molar refractivity (Wildman–Crippen MR) is 99.5 cm³/mol. The van der Waals surface area contributed by atoms with Gasteiger partial charge in [0.15, 0.2) is 11.5 Å². The van der Waals surface area contributed by atoms with Crippen LogP contribution in [0.15, 0.2) is 42.5 Å². The SMILES string of the molecule is CNCCc1ccccc1C(=O)NC(C)c1ccc(OC)c(OC)c1. The van der Waals surface area contributed by atoms with E-state index in [-0.39, 0.29) is 11.9 Å². The molecule has 0 aliphatic rings. The van der Waals surface area contributed by atoms with Crippen molar-refractivity contribution in [3.05, 3.63) is 59.2 Å². The normalized spacial score (nSPS) is 11.7. The van der Waals surface area contributed by atoms with Crippen molar-refractivity contribution in [1.82, 2.24) is 10.6 Å². The van der Waals surface area contributed by atoms with Gasteiger partial charge < -0.3 is 20.1 Å². The van der Waals surface area contributed by atoms with Crippen LogP contribution in [-0.4, -0.2) is 33.7 Å². The molecule has 0 aromatic heterocycles. The number of hydrogen-bond acceptors (Lipinski definition) is 4. The summed E-state index contributed by atoms with van der Waals surface area (Å²) in [6.45, 7) is 2.78. The van der Waals surface area contributed by atoms with Crippen molar-refractivity contribution < 1.29 is 14.3 Å². The summed E-state index contributed by atoms with van der Waals surface area (Å²) >= 11 is 0. The fraction of sp³-hybridized carbons (Fsp3) is 0.350. The van der Waals surface area contributed by atoms with Gasteiger partial charge in [-0.05, 0) is 56.3 Å². The third-order valence-corrected chi connectivity index (χ3v) is 4.16. The minimum Gasteiger partial charge on any atom is -0.493 e. The van der Waals surface area contributed by atoms with E-state index < -0.39 is 0 Å². The van der Waals surface area contributed by atoms with Crippen LogP contribution in [0, 0.1) is 0 Å². The molecule has 0 aliphatic carbocycles. The van der Waals surface area contributed by atoms with Crippen molar-refractivity contribution in [3.8, 4) is 11.5 Å². The minimum atomic E-state index is -0.148. The first-order chi connectivity index (χ1) is 12.1. The number of hydrogen-bond donors (Lipinski definition) is 2. The van der Waals surface area contributed by atoms with E-state index in [1.807, 2.05) is 56.4 Å². The topological polar surface area (TPSA) is 59.6 Å². The maximum absolute atomic E-state index is 12.7. The number of nitrogens with one attached hydrogen (secondary N) is 2. The molecule has 0 aliphatic heterocycles. The third-order valence-electron chi connectivity index (χ3n) is 4.16. The number of likely N-dealkylation sites (N-methyl/N-ethyl adjacent to an activating group) is 1. The molecule has 0 fully saturated rings. The summed E-state index contributed by atoms with van der Waals surface area (Å²) in [6.07, 6.45) is 0.810. The van der Waals surface area contributed by atoms with E-state index >= 15 is 0 Å². The molecule has 0 bridgehead atoms. The second-order valence-electron chi connectivity index (χ2n) is 5.82. The molecular formula is C20H26N2O3. The molecule has 1 amide bonds. The van der Waals surface area contributed by atoms with Gasteiger partial charge in [0.2, 0.25) is 0 Å². The quantitative estimate of drug-likeness (QED) is 0.774. The molecule has 2 rings (SSSR count). The van der Waals surface area contributed by atoms with E-state index in [2.05, 4.69) is 10.6 Å². The molecule has 5 nitrogen and oxygen atoms in total. The van der Waals surface area contributed by atoms with Crippen LogP contribution >= 0.6 is 0 Å². The van der Waals surface area contributed by atoms with Crippen LogP contribution in [0.2, 0.25) is 0 Å². The molecule has 2 aromatic carbocycles. The fourth-order valence-corrected chi connectivity index (χ4v) is 2.70. The molecule has 2 aromatic rings. The van der Waals surface area contributed by atoms with Crippen molar-refractivity contribution in [3.63, 3.8) is 0 Å². The van der Waals surface area contributed by atoms with Crippen molar-refractivity contribution in [2.45, 2.75) is 19.4 Å². The lowest BCUT2D eigenvalue weighted by atomic mass is 10.0. The minimum absolute atomic E-state index is 0.0750. The van der Waals surface area contributed by atoms with Crippen molar-refractivity contribution in [2.24, 2.45) is 0 Å². The largest absolute Gasteiger partial charge is 0.493 e. The average Bonchev–Trinajstić information content (AvgIpc) is 2.65. The summed E-state index contributed by atoms with van der Waals surface area (Å²) in [6, 6.07) is 13.2. The number of carbonyl (C=O) groups is 1. The highest BCUT2D eigenvalue weighted by atomic mass is 16.5. The summed E-state index contributed by atoms with van der Waals surface area (Å²) in [5.41, 5.74) is 2.71. The summed E-state index contributed by atoms with van der Waals surface area (Å²) in [7, 11) is 5.11. The maximum Gasteiger partial charge on any atom is 0.252 e. The Morgan fingerprint density at radius 3 is 2.48 bits per heavy atom. The molecule has 25 heavy (non-hydrogen) atoms. The molecule has 5 heteroatoms. The summed E-state index contributed by atoms with van der Waals surface area (Å²) in [5, 5.41) is 6.18. The summed E-state index contributed by atoms with van der Waals surface area (Å²) in [5.74, 6) is 1.24. The standard InChI is InChI=1S/C20H26N2O3/c1-14(16-9-10-18(24-3)19(13-16)25-4)22-20(23)17-8-6-5-7-15(17)11-12-21-2/h5-10,13-14,21H,11-12H2,1-4H3,(H,22,23). The van der Waals surface area contributed by atoms with Gasteiger partial charge in [-0.15, -0.1) is 0 Å². The molecule has 0 saturated carbocycles. The van der Waals surface area contributed by atoms with E-state index in [4.69, 9.17) is 9.47 Å². The molecule has 2 N–H and O–H groups in total. The Hall–Kier alpha value is -2.53. The van der Waals surface area contributed by atoms with Gasteiger partial charge in [-0.2, -0.15) is 0 Å². The molecule has 1 atom stereocenters. The van der Waals surface area contributed by atoms with Crippen LogP contribution in [0.5, 0.6) is 11.5 Å². The molecular weight excluding hydrogens is 316 g/mol. The predicted octanol–water partition coefficient (Wildman–Crippen LogP) is 2.96. The van der Waals surface area contributed by atoms with E-state index in [0.29, 0.717) is 17.1 Å². The van der Waals surface area contributed by atoms with Crippen LogP contribution in [0.1, 0.15) is 34.5 Å². The van der Waals surface area contributed by atoms with Gasteiger partial charge in [0.05, 0.1) is 20.3 Å². The first kappa shape index (κ1) is 18.8. The Bertz CT molecular complexity index is 716. The Balaban J connectivity index is 2.15. The molecule has 0 radical (unpaired) electrons. The lowest BCUT2D eigenvalue weighted by molar-refractivity contribution is 0.0939. The van der Waals surface area contributed by atoms with E-state index in [9.17, 15) is 4.79 Å². The van der Waals surface area contributed by atoms with Gasteiger partial charge in [-0.1, -0.05) is 24.3 Å². The van der Waals surface area contributed by atoms with E-state index in [1.165, 1.54) is 0 Å². The maximum atomic E-state index is 12.7. The molecule has 0 spiro atoms. The van der Waals surface area contributed by atoms with Gasteiger partial charge in [-0.3, -0.25) is 4.79 Å². The third kappa shape index (κ3) is 4.73. The Morgan fingerprint density at radius 2 is 1.80 bits per heavy atom. The van der Waals surface area contributed by atoms with Crippen LogP contribution in [0.4, 0.5) is 0 Å². The van der Waals surface area contributed by atoms with Crippen LogP contribution in [-0.2, 0) is 6.42 Å². The smallest absolute Gasteiger partial charge is 0.252 e. The summed E-state index contributed by atoms with van der Waals surface area (Å²) in [4.78, 5) is 12.7. The van der Waals surface area contributed by atoms with Gasteiger partial charge in [-0.25, -0.2) is 0 Å². The first-order valence-corrected chi connectivity index (χ1v) is 8.36. The Labute approximate surface area is 149 Å². The van der Waals surface area contributed by atoms with Crippen molar-refractivity contribution >= 4 is 5.91 Å². The fourth-order valence-electron chi connectivity index (χ4n) is 2.70. The van der Waals surface area contributed by atoms with Gasteiger partial charge in [0.25, 0.3) is 5.91 Å². The van der Waals surface area contributed by atoms with Gasteiger partial charge in [0.1, 0.15) is 0 Å². The van der Waals surface area contributed by atoms with Crippen LogP contribution < -0.4 is 20.1 Å². The Morgan fingerprint density at radius 1 is 1.08 bits per heavy atom. The number of carbonyl (C=O) groups excluding carboxylic acids is 1. The van der Waals surface area contributed by atoms with Gasteiger partial charge >= 0.3 is 0 Å². The van der Waals surface area contributed by atoms with E-state index in [0.717, 1.165) is 24.1 Å². The van der Waals surface area contributed by atoms with Crippen molar-refractivity contribution in [2.75, 3.05) is 27.8 Å². The average molecular weight is 342 g/mol. The molecule has 0 saturated heterocycles. The summed E-state index contributed by atoms with van der Waals surface area (Å²) < 4.78 is 10.6. The number of ether oxygens (including phenoxy) is 2. The zero-order valence-electron chi connectivity index (χ0n) is 15.3. The molecule has 1 unspecified atom stereocenters. The van der Waals surface area contributed by atoms with Crippen molar-refractivity contribution in [1.29, 1.82) is 0 Å². The first-order valence-electron chi connectivity index (χ1n) is 8.36. The zero-order valence-corrected chi connectivity index (χ0v) is 15.3.